The summed E-state index contributed by atoms with van der Waals surface area (Å²) in [6, 6.07) is 6.00. The molecule has 0 atom stereocenters. The van der Waals surface area contributed by atoms with Crippen LogP contribution in [-0.2, 0) is 0 Å². The lowest BCUT2D eigenvalue weighted by atomic mass is 10.2. The fraction of sp³-hybridized carbons (Fsp3) is 0.143. The fourth-order valence-corrected chi connectivity index (χ4v) is 2.52. The predicted molar refractivity (Wildman–Crippen MR) is 73.4 cm³/mol. The van der Waals surface area contributed by atoms with Gasteiger partial charge in [-0.2, -0.15) is 0 Å². The van der Waals surface area contributed by atoms with E-state index in [1.165, 1.54) is 23.5 Å². The van der Waals surface area contributed by atoms with Crippen molar-refractivity contribution in [2.75, 3.05) is 6.54 Å². The van der Waals surface area contributed by atoms with E-state index in [0.29, 0.717) is 15.6 Å². The molecule has 96 valence electrons. The van der Waals surface area contributed by atoms with Crippen LogP contribution >= 0.6 is 11.3 Å². The molecule has 0 radical (unpaired) electrons. The van der Waals surface area contributed by atoms with E-state index in [4.69, 9.17) is 6.42 Å². The van der Waals surface area contributed by atoms with Crippen LogP contribution < -0.4 is 5.32 Å². The smallest absolute Gasteiger partial charge is 0.264 e. The molecule has 1 N–H and O–H groups in total. The van der Waals surface area contributed by atoms with Crippen molar-refractivity contribution in [2.45, 2.75) is 6.92 Å². The number of carbonyl (C=O) groups is 1. The van der Waals surface area contributed by atoms with Gasteiger partial charge in [0.05, 0.1) is 12.2 Å². The van der Waals surface area contributed by atoms with Crippen LogP contribution in [0.4, 0.5) is 4.39 Å². The SMILES string of the molecule is C#CCNC(=O)c1sc(-c2ccc(F)cc2)nc1C. The van der Waals surface area contributed by atoms with Gasteiger partial charge in [0.15, 0.2) is 0 Å². The molecule has 5 heteroatoms. The molecule has 0 aliphatic rings. The molecule has 1 heterocycles. The van der Waals surface area contributed by atoms with E-state index in [9.17, 15) is 9.18 Å². The van der Waals surface area contributed by atoms with Crippen molar-refractivity contribution in [3.05, 3.63) is 40.7 Å². The van der Waals surface area contributed by atoms with E-state index in [0.717, 1.165) is 5.56 Å². The standard InChI is InChI=1S/C14H11FN2OS/c1-3-8-16-13(18)12-9(2)17-14(19-12)10-4-6-11(15)7-5-10/h1,4-7H,8H2,2H3,(H,16,18). The number of aromatic nitrogens is 1. The Morgan fingerprint density at radius 1 is 1.47 bits per heavy atom. The van der Waals surface area contributed by atoms with E-state index in [-0.39, 0.29) is 18.3 Å². The number of nitrogens with one attached hydrogen (secondary N) is 1. The highest BCUT2D eigenvalue weighted by molar-refractivity contribution is 7.17. The van der Waals surface area contributed by atoms with Crippen LogP contribution in [0.3, 0.4) is 0 Å². The van der Waals surface area contributed by atoms with Crippen LogP contribution in [-0.4, -0.2) is 17.4 Å². The van der Waals surface area contributed by atoms with Crippen LogP contribution in [0, 0.1) is 25.1 Å². The third-order valence-corrected chi connectivity index (χ3v) is 3.65. The number of nitrogens with zero attached hydrogens (tertiary/aromatic N) is 1. The summed E-state index contributed by atoms with van der Waals surface area (Å²) >= 11 is 1.26. The Morgan fingerprint density at radius 2 is 2.16 bits per heavy atom. The summed E-state index contributed by atoms with van der Waals surface area (Å²) in [6.07, 6.45) is 5.09. The summed E-state index contributed by atoms with van der Waals surface area (Å²) < 4.78 is 12.9. The number of terminal acetylenes is 1. The lowest BCUT2D eigenvalue weighted by Crippen LogP contribution is -2.23. The van der Waals surface area contributed by atoms with Crippen LogP contribution in [0.15, 0.2) is 24.3 Å². The van der Waals surface area contributed by atoms with Gasteiger partial charge in [-0.15, -0.1) is 17.8 Å². The van der Waals surface area contributed by atoms with Gasteiger partial charge in [0.1, 0.15) is 15.7 Å². The molecular formula is C14H11FN2OS. The van der Waals surface area contributed by atoms with E-state index in [1.54, 1.807) is 19.1 Å². The molecule has 0 aliphatic carbocycles. The number of halogens is 1. The molecule has 1 aromatic carbocycles. The van der Waals surface area contributed by atoms with Crippen molar-refractivity contribution < 1.29 is 9.18 Å². The van der Waals surface area contributed by atoms with Crippen LogP contribution in [0.1, 0.15) is 15.4 Å². The molecule has 0 saturated carbocycles. The maximum Gasteiger partial charge on any atom is 0.264 e. The number of aryl methyl sites for hydroxylation is 1. The minimum absolute atomic E-state index is 0.183. The Morgan fingerprint density at radius 3 is 2.79 bits per heavy atom. The van der Waals surface area contributed by atoms with Gasteiger partial charge in [-0.1, -0.05) is 5.92 Å². The van der Waals surface area contributed by atoms with Gasteiger partial charge in [0, 0.05) is 5.56 Å². The predicted octanol–water partition coefficient (Wildman–Crippen LogP) is 2.62. The Kier molecular flexibility index (Phi) is 3.93. The number of hydrogen-bond donors (Lipinski definition) is 1. The summed E-state index contributed by atoms with van der Waals surface area (Å²) in [5.41, 5.74) is 1.42. The summed E-state index contributed by atoms with van der Waals surface area (Å²) in [7, 11) is 0. The Hall–Kier alpha value is -2.19. The van der Waals surface area contributed by atoms with Gasteiger partial charge in [0.25, 0.3) is 5.91 Å². The molecular weight excluding hydrogens is 263 g/mol. The Balaban J connectivity index is 2.28. The van der Waals surface area contributed by atoms with Crippen molar-refractivity contribution in [1.29, 1.82) is 0 Å². The van der Waals surface area contributed by atoms with E-state index >= 15 is 0 Å². The van der Waals surface area contributed by atoms with Crippen molar-refractivity contribution in [2.24, 2.45) is 0 Å². The molecule has 0 bridgehead atoms. The number of rotatable bonds is 3. The first-order valence-electron chi connectivity index (χ1n) is 5.57. The molecule has 0 saturated heterocycles. The van der Waals surface area contributed by atoms with E-state index < -0.39 is 0 Å². The number of hydrogen-bond acceptors (Lipinski definition) is 3. The quantitative estimate of drug-likeness (QED) is 0.874. The van der Waals surface area contributed by atoms with Gasteiger partial charge in [0.2, 0.25) is 0 Å². The number of thiazole rings is 1. The van der Waals surface area contributed by atoms with E-state index in [2.05, 4.69) is 16.2 Å². The second-order valence-electron chi connectivity index (χ2n) is 3.83. The molecule has 2 aromatic rings. The number of benzene rings is 1. The Labute approximate surface area is 114 Å². The average Bonchev–Trinajstić information content (AvgIpc) is 2.79. The van der Waals surface area contributed by atoms with Gasteiger partial charge >= 0.3 is 0 Å². The minimum atomic E-state index is -0.302. The average molecular weight is 274 g/mol. The highest BCUT2D eigenvalue weighted by Gasteiger charge is 2.15. The molecule has 0 aliphatic heterocycles. The first kappa shape index (κ1) is 13.2. The lowest BCUT2D eigenvalue weighted by molar-refractivity contribution is 0.0962. The Bertz CT molecular complexity index is 640. The zero-order chi connectivity index (χ0) is 13.8. The molecule has 19 heavy (non-hydrogen) atoms. The summed E-state index contributed by atoms with van der Waals surface area (Å²) in [6.45, 7) is 1.94. The van der Waals surface area contributed by atoms with Crippen molar-refractivity contribution in [1.82, 2.24) is 10.3 Å². The fourth-order valence-electron chi connectivity index (χ4n) is 1.53. The first-order valence-corrected chi connectivity index (χ1v) is 6.38. The third kappa shape index (κ3) is 2.98. The number of carbonyl (C=O) groups excluding carboxylic acids is 1. The van der Waals surface area contributed by atoms with Gasteiger partial charge < -0.3 is 5.32 Å². The largest absolute Gasteiger partial charge is 0.340 e. The van der Waals surface area contributed by atoms with E-state index in [1.807, 2.05) is 0 Å². The molecule has 1 amide bonds. The molecule has 3 nitrogen and oxygen atoms in total. The molecule has 0 spiro atoms. The maximum absolute atomic E-state index is 12.9. The van der Waals surface area contributed by atoms with Crippen molar-refractivity contribution >= 4 is 17.2 Å². The maximum atomic E-state index is 12.9. The van der Waals surface area contributed by atoms with Crippen LogP contribution in [0.2, 0.25) is 0 Å². The molecule has 1 aromatic heterocycles. The molecule has 0 unspecified atom stereocenters. The number of amides is 1. The second kappa shape index (κ2) is 5.63. The van der Waals surface area contributed by atoms with Crippen molar-refractivity contribution in [3.8, 4) is 22.9 Å². The van der Waals surface area contributed by atoms with Crippen molar-refractivity contribution in [3.63, 3.8) is 0 Å². The van der Waals surface area contributed by atoms with Gasteiger partial charge in [-0.3, -0.25) is 4.79 Å². The first-order chi connectivity index (χ1) is 9.11. The topological polar surface area (TPSA) is 42.0 Å². The third-order valence-electron chi connectivity index (χ3n) is 2.45. The second-order valence-corrected chi connectivity index (χ2v) is 4.83. The monoisotopic (exact) mass is 274 g/mol. The zero-order valence-electron chi connectivity index (χ0n) is 10.2. The molecule has 0 fully saturated rings. The summed E-state index contributed by atoms with van der Waals surface area (Å²) in [4.78, 5) is 16.7. The van der Waals surface area contributed by atoms with Crippen LogP contribution in [0.5, 0.6) is 0 Å². The summed E-state index contributed by atoms with van der Waals surface area (Å²) in [5, 5.41) is 3.28. The van der Waals surface area contributed by atoms with Gasteiger partial charge in [-0.25, -0.2) is 9.37 Å². The summed E-state index contributed by atoms with van der Waals surface area (Å²) in [5.74, 6) is 1.81. The normalized spacial score (nSPS) is 9.95. The lowest BCUT2D eigenvalue weighted by Gasteiger charge is -1.97. The highest BCUT2D eigenvalue weighted by atomic mass is 32.1. The van der Waals surface area contributed by atoms with Crippen LogP contribution in [0.25, 0.3) is 10.6 Å². The van der Waals surface area contributed by atoms with Gasteiger partial charge in [-0.05, 0) is 31.2 Å². The molecule has 2 rings (SSSR count). The highest BCUT2D eigenvalue weighted by Crippen LogP contribution is 2.27. The zero-order valence-corrected chi connectivity index (χ0v) is 11.1. The minimum Gasteiger partial charge on any atom is -0.340 e.